The zero-order valence-electron chi connectivity index (χ0n) is 20.3. The molecule has 0 radical (unpaired) electrons. The zero-order valence-corrected chi connectivity index (χ0v) is 20.3. The van der Waals surface area contributed by atoms with Crippen molar-refractivity contribution in [3.8, 4) is 11.1 Å². The van der Waals surface area contributed by atoms with E-state index in [-0.39, 0.29) is 36.3 Å². The molecule has 2 aliphatic carbocycles. The van der Waals surface area contributed by atoms with E-state index in [1.54, 1.807) is 0 Å². The normalized spacial score (nSPS) is 20.0. The van der Waals surface area contributed by atoms with Crippen LogP contribution < -0.4 is 10.6 Å². The molecule has 2 aromatic carbocycles. The summed E-state index contributed by atoms with van der Waals surface area (Å²) in [7, 11) is 0. The summed E-state index contributed by atoms with van der Waals surface area (Å²) in [6, 6.07) is 15.5. The first kappa shape index (κ1) is 24.8. The van der Waals surface area contributed by atoms with Gasteiger partial charge < -0.3 is 20.5 Å². The van der Waals surface area contributed by atoms with Crippen LogP contribution in [0.4, 0.5) is 4.79 Å². The fourth-order valence-corrected chi connectivity index (χ4v) is 5.29. The molecule has 0 saturated heterocycles. The first-order valence-corrected chi connectivity index (χ1v) is 12.5. The number of ether oxygens (including phenoxy) is 1. The number of rotatable bonds is 8. The highest BCUT2D eigenvalue weighted by atomic mass is 16.5. The Balaban J connectivity index is 1.25. The molecular weight excluding hydrogens is 444 g/mol. The van der Waals surface area contributed by atoms with Crippen molar-refractivity contribution >= 4 is 18.0 Å². The predicted molar refractivity (Wildman–Crippen MR) is 133 cm³/mol. The lowest BCUT2D eigenvalue weighted by Crippen LogP contribution is -2.46. The van der Waals surface area contributed by atoms with Crippen LogP contribution in [0.3, 0.4) is 0 Å². The number of carbonyl (C=O) groups excluding carboxylic acids is 2. The lowest BCUT2D eigenvalue weighted by molar-refractivity contribution is -0.143. The number of alkyl carbamates (subject to hydrolysis) is 1. The van der Waals surface area contributed by atoms with E-state index < -0.39 is 18.1 Å². The van der Waals surface area contributed by atoms with Crippen LogP contribution in [0.5, 0.6) is 0 Å². The van der Waals surface area contributed by atoms with E-state index in [4.69, 9.17) is 4.74 Å². The molecule has 1 atom stereocenters. The number of carboxylic acid groups (broad SMARTS) is 1. The topological polar surface area (TPSA) is 105 Å². The summed E-state index contributed by atoms with van der Waals surface area (Å²) >= 11 is 0. The molecule has 4 rings (SSSR count). The molecule has 0 bridgehead atoms. The van der Waals surface area contributed by atoms with Gasteiger partial charge in [-0.15, -0.1) is 0 Å². The first-order chi connectivity index (χ1) is 16.8. The van der Waals surface area contributed by atoms with E-state index in [1.165, 1.54) is 22.3 Å². The maximum absolute atomic E-state index is 12.6. The largest absolute Gasteiger partial charge is 0.480 e. The van der Waals surface area contributed by atoms with E-state index in [2.05, 4.69) is 34.9 Å². The lowest BCUT2D eigenvalue weighted by atomic mass is 9.85. The average molecular weight is 479 g/mol. The molecule has 1 saturated carbocycles. The number of nitrogens with one attached hydrogen (secondary N) is 2. The molecule has 2 aliphatic rings. The molecule has 0 heterocycles. The van der Waals surface area contributed by atoms with Crippen LogP contribution in [0, 0.1) is 11.8 Å². The SMILES string of the molecule is CC(C)C[C@@H](NC(=O)C1CCC(NC(=O)OCC2c3ccccc3-c3ccccc32)CC1)C(=O)O. The van der Waals surface area contributed by atoms with Crippen LogP contribution in [0.25, 0.3) is 11.1 Å². The number of fused-ring (bicyclic) bond motifs is 3. The molecule has 7 heteroatoms. The quantitative estimate of drug-likeness (QED) is 0.510. The molecule has 7 nitrogen and oxygen atoms in total. The predicted octanol–water partition coefficient (Wildman–Crippen LogP) is 4.70. The molecule has 2 aromatic rings. The van der Waals surface area contributed by atoms with E-state index >= 15 is 0 Å². The Morgan fingerprint density at radius 1 is 0.943 bits per heavy atom. The maximum atomic E-state index is 12.6. The molecular formula is C28H34N2O5. The molecule has 1 fully saturated rings. The van der Waals surface area contributed by atoms with Crippen molar-refractivity contribution in [3.05, 3.63) is 59.7 Å². The Hall–Kier alpha value is -3.35. The summed E-state index contributed by atoms with van der Waals surface area (Å²) in [4.78, 5) is 36.6. The van der Waals surface area contributed by atoms with Gasteiger partial charge in [0, 0.05) is 17.9 Å². The Morgan fingerprint density at radius 3 is 2.06 bits per heavy atom. The van der Waals surface area contributed by atoms with E-state index in [0.29, 0.717) is 32.1 Å². The minimum atomic E-state index is -1.00. The van der Waals surface area contributed by atoms with Crippen molar-refractivity contribution in [2.24, 2.45) is 11.8 Å². The highest BCUT2D eigenvalue weighted by molar-refractivity contribution is 5.85. The van der Waals surface area contributed by atoms with Gasteiger partial charge in [0.15, 0.2) is 0 Å². The molecule has 3 N–H and O–H groups in total. The highest BCUT2D eigenvalue weighted by Gasteiger charge is 2.32. The number of amides is 2. The molecule has 35 heavy (non-hydrogen) atoms. The second kappa shape index (κ2) is 10.9. The van der Waals surface area contributed by atoms with Crippen molar-refractivity contribution in [3.63, 3.8) is 0 Å². The van der Waals surface area contributed by atoms with Crippen molar-refractivity contribution in [1.82, 2.24) is 10.6 Å². The summed E-state index contributed by atoms with van der Waals surface area (Å²) < 4.78 is 5.64. The number of carbonyl (C=O) groups is 3. The van der Waals surface area contributed by atoms with Crippen LogP contribution in [-0.2, 0) is 14.3 Å². The second-order valence-corrected chi connectivity index (χ2v) is 10.0. The smallest absolute Gasteiger partial charge is 0.407 e. The summed E-state index contributed by atoms with van der Waals surface area (Å²) in [6.45, 7) is 4.13. The van der Waals surface area contributed by atoms with Gasteiger partial charge in [0.25, 0.3) is 0 Å². The Labute approximate surface area is 206 Å². The third kappa shape index (κ3) is 5.84. The fourth-order valence-electron chi connectivity index (χ4n) is 5.29. The average Bonchev–Trinajstić information content (AvgIpc) is 3.16. The van der Waals surface area contributed by atoms with E-state index in [9.17, 15) is 19.5 Å². The lowest BCUT2D eigenvalue weighted by Gasteiger charge is -2.29. The standard InChI is InChI=1S/C28H34N2O5/c1-17(2)15-25(27(32)33)30-26(31)18-11-13-19(14-12-18)29-28(34)35-16-24-22-9-5-3-7-20(22)21-8-4-6-10-23(21)24/h3-10,17-19,24-25H,11-16H2,1-2H3,(H,29,34)(H,30,31)(H,32,33)/t18?,19?,25-/m1/s1. The van der Waals surface area contributed by atoms with Crippen LogP contribution in [0.2, 0.25) is 0 Å². The summed E-state index contributed by atoms with van der Waals surface area (Å²) in [6.07, 6.45) is 2.49. The van der Waals surface area contributed by atoms with Gasteiger partial charge in [-0.1, -0.05) is 62.4 Å². The number of hydrogen-bond acceptors (Lipinski definition) is 4. The van der Waals surface area contributed by atoms with Gasteiger partial charge in [0.2, 0.25) is 5.91 Å². The third-order valence-corrected chi connectivity index (χ3v) is 7.09. The van der Waals surface area contributed by atoms with Gasteiger partial charge in [-0.25, -0.2) is 9.59 Å². The van der Waals surface area contributed by atoms with Gasteiger partial charge in [0.05, 0.1) is 0 Å². The number of hydrogen-bond donors (Lipinski definition) is 3. The number of aliphatic carboxylic acids is 1. The van der Waals surface area contributed by atoms with Crippen molar-refractivity contribution in [2.75, 3.05) is 6.61 Å². The Morgan fingerprint density at radius 2 is 1.51 bits per heavy atom. The van der Waals surface area contributed by atoms with Gasteiger partial charge >= 0.3 is 12.1 Å². The molecule has 186 valence electrons. The molecule has 0 spiro atoms. The zero-order chi connectivity index (χ0) is 24.9. The van der Waals surface area contributed by atoms with Crippen LogP contribution in [0.1, 0.15) is 63.0 Å². The summed E-state index contributed by atoms with van der Waals surface area (Å²) in [5.41, 5.74) is 4.72. The Kier molecular flexibility index (Phi) is 7.73. The minimum absolute atomic E-state index is 0.0144. The fraction of sp³-hybridized carbons (Fsp3) is 0.464. The number of benzene rings is 2. The van der Waals surface area contributed by atoms with E-state index in [0.717, 1.165) is 0 Å². The number of carboxylic acids is 1. The second-order valence-electron chi connectivity index (χ2n) is 10.0. The van der Waals surface area contributed by atoms with Crippen LogP contribution >= 0.6 is 0 Å². The molecule has 0 unspecified atom stereocenters. The first-order valence-electron chi connectivity index (χ1n) is 12.5. The van der Waals surface area contributed by atoms with Gasteiger partial charge in [-0.2, -0.15) is 0 Å². The van der Waals surface area contributed by atoms with Crippen molar-refractivity contribution in [1.29, 1.82) is 0 Å². The van der Waals surface area contributed by atoms with Crippen LogP contribution in [0.15, 0.2) is 48.5 Å². The molecule has 2 amide bonds. The summed E-state index contributed by atoms with van der Waals surface area (Å²) in [5, 5.41) is 15.0. The molecule has 0 aromatic heterocycles. The van der Waals surface area contributed by atoms with Gasteiger partial charge in [-0.3, -0.25) is 4.79 Å². The van der Waals surface area contributed by atoms with Crippen molar-refractivity contribution < 1.29 is 24.2 Å². The maximum Gasteiger partial charge on any atom is 0.407 e. The van der Waals surface area contributed by atoms with E-state index in [1.807, 2.05) is 38.1 Å². The van der Waals surface area contributed by atoms with Gasteiger partial charge in [-0.05, 0) is 60.3 Å². The molecule has 0 aliphatic heterocycles. The summed E-state index contributed by atoms with van der Waals surface area (Å²) in [5.74, 6) is -1.26. The Bertz CT molecular complexity index is 1030. The monoisotopic (exact) mass is 478 g/mol. The highest BCUT2D eigenvalue weighted by Crippen LogP contribution is 2.44. The van der Waals surface area contributed by atoms with Gasteiger partial charge in [0.1, 0.15) is 12.6 Å². The van der Waals surface area contributed by atoms with Crippen LogP contribution in [-0.4, -0.2) is 41.8 Å². The minimum Gasteiger partial charge on any atom is -0.480 e. The van der Waals surface area contributed by atoms with Crippen molar-refractivity contribution in [2.45, 2.75) is 64.0 Å². The third-order valence-electron chi connectivity index (χ3n) is 7.09.